The minimum atomic E-state index is -1.29. The van der Waals surface area contributed by atoms with E-state index >= 15 is 0 Å². The van der Waals surface area contributed by atoms with Crippen LogP contribution in [0.3, 0.4) is 0 Å². The molecule has 1 heterocycles. The van der Waals surface area contributed by atoms with Gasteiger partial charge >= 0.3 is 11.9 Å². The maximum absolute atomic E-state index is 13.7. The third-order valence-corrected chi connectivity index (χ3v) is 7.53. The van der Waals surface area contributed by atoms with E-state index in [0.29, 0.717) is 19.6 Å². The molecule has 4 atom stereocenters. The number of carbonyl (C=O) groups excluding carboxylic acids is 4. The highest BCUT2D eigenvalue weighted by molar-refractivity contribution is 5.91. The summed E-state index contributed by atoms with van der Waals surface area (Å²) in [6.07, 6.45) is -0.153. The Balaban J connectivity index is 2.22. The molecule has 1 aliphatic rings. The van der Waals surface area contributed by atoms with Crippen molar-refractivity contribution in [3.05, 3.63) is 42.5 Å². The van der Waals surface area contributed by atoms with Crippen molar-refractivity contribution in [2.45, 2.75) is 71.2 Å². The van der Waals surface area contributed by atoms with E-state index in [4.69, 9.17) is 14.2 Å². The first-order chi connectivity index (χ1) is 20.8. The molecule has 2 amide bonds. The summed E-state index contributed by atoms with van der Waals surface area (Å²) in [6.45, 7) is 14.5. The van der Waals surface area contributed by atoms with Crippen molar-refractivity contribution in [3.8, 4) is 0 Å². The van der Waals surface area contributed by atoms with E-state index < -0.39 is 42.1 Å². The molecule has 1 N–H and O–H groups in total. The van der Waals surface area contributed by atoms with Crippen molar-refractivity contribution < 1.29 is 33.4 Å². The molecule has 0 bridgehead atoms. The van der Waals surface area contributed by atoms with Crippen LogP contribution in [0.15, 0.2) is 36.9 Å². The zero-order valence-corrected chi connectivity index (χ0v) is 27.7. The summed E-state index contributed by atoms with van der Waals surface area (Å²) >= 11 is 0. The lowest BCUT2D eigenvalue weighted by atomic mass is 10.0. The number of ether oxygens (including phenoxy) is 3. The van der Waals surface area contributed by atoms with Gasteiger partial charge in [0, 0.05) is 46.3 Å². The van der Waals surface area contributed by atoms with Crippen LogP contribution in [0.25, 0.3) is 0 Å². The highest BCUT2D eigenvalue weighted by Crippen LogP contribution is 2.21. The predicted octanol–water partition coefficient (Wildman–Crippen LogP) is 2.67. The Morgan fingerprint density at radius 2 is 1.52 bits per heavy atom. The van der Waals surface area contributed by atoms with Gasteiger partial charge < -0.3 is 34.2 Å². The fourth-order valence-corrected chi connectivity index (χ4v) is 4.99. The maximum atomic E-state index is 13.7. The van der Waals surface area contributed by atoms with Crippen LogP contribution < -0.4 is 10.2 Å². The van der Waals surface area contributed by atoms with Gasteiger partial charge in [-0.3, -0.25) is 14.4 Å². The number of hydrogen-bond donors (Lipinski definition) is 1. The van der Waals surface area contributed by atoms with Crippen molar-refractivity contribution in [2.24, 2.45) is 11.8 Å². The molecule has 2 rings (SSSR count). The first kappa shape index (κ1) is 36.8. The Hall–Kier alpha value is -3.44. The number of hydrogen-bond acceptors (Lipinski definition) is 9. The number of morpholine rings is 1. The van der Waals surface area contributed by atoms with Gasteiger partial charge in [-0.05, 0) is 55.5 Å². The van der Waals surface area contributed by atoms with Gasteiger partial charge in [0.15, 0.2) is 12.2 Å². The molecule has 0 spiro atoms. The smallest absolute Gasteiger partial charge is 0.329 e. The third kappa shape index (κ3) is 10.9. The van der Waals surface area contributed by atoms with Crippen molar-refractivity contribution in [3.63, 3.8) is 0 Å². The van der Waals surface area contributed by atoms with Crippen LogP contribution in [0.2, 0.25) is 0 Å². The van der Waals surface area contributed by atoms with Crippen LogP contribution in [0.4, 0.5) is 5.69 Å². The maximum Gasteiger partial charge on any atom is 0.329 e. The van der Waals surface area contributed by atoms with E-state index in [1.165, 1.54) is 22.9 Å². The molecule has 11 heteroatoms. The molecule has 1 aromatic carbocycles. The van der Waals surface area contributed by atoms with Crippen LogP contribution in [-0.2, 0) is 39.8 Å². The highest BCUT2D eigenvalue weighted by atomic mass is 16.6. The lowest BCUT2D eigenvalue weighted by Gasteiger charge is -2.32. The van der Waals surface area contributed by atoms with Crippen molar-refractivity contribution in [1.82, 2.24) is 15.1 Å². The molecule has 1 saturated heterocycles. The summed E-state index contributed by atoms with van der Waals surface area (Å²) in [6, 6.07) is 6.23. The number of nitrogens with one attached hydrogen (secondary N) is 1. The number of amides is 2. The summed E-state index contributed by atoms with van der Waals surface area (Å²) in [5, 5.41) is 2.93. The topological polar surface area (TPSA) is 118 Å². The Morgan fingerprint density at radius 3 is 2.02 bits per heavy atom. The highest BCUT2D eigenvalue weighted by Gasteiger charge is 2.37. The zero-order chi connectivity index (χ0) is 33.0. The standard InChI is InChI=1S/C33H52N4O7/c1-10-28(43-32(40)26(34-6)19-22(2)3)31(39)36(9)27(20-23(4)5)33(41)44-29(30(38)35(7)8)21-24-11-13-25(14-12-24)37-15-17-42-18-16-37/h10-14,22-23,26-29,34H,1,15-21H2,2-9H3/t26-,27-,28+,29+/m0/s1. The van der Waals surface area contributed by atoms with E-state index in [9.17, 15) is 19.2 Å². The minimum Gasteiger partial charge on any atom is -0.450 e. The normalized spacial score (nSPS) is 16.1. The molecule has 0 saturated carbocycles. The fourth-order valence-electron chi connectivity index (χ4n) is 4.99. The Kier molecular flexibility index (Phi) is 14.8. The fraction of sp³-hybridized carbons (Fsp3) is 0.636. The molecule has 11 nitrogen and oxygen atoms in total. The summed E-state index contributed by atoms with van der Waals surface area (Å²) < 4.78 is 16.8. The third-order valence-electron chi connectivity index (χ3n) is 7.53. The molecule has 0 unspecified atom stereocenters. The van der Waals surface area contributed by atoms with E-state index in [0.717, 1.165) is 24.3 Å². The van der Waals surface area contributed by atoms with Crippen LogP contribution >= 0.6 is 0 Å². The molecule has 0 aromatic heterocycles. The van der Waals surface area contributed by atoms with Gasteiger partial charge in [-0.25, -0.2) is 4.79 Å². The van der Waals surface area contributed by atoms with Gasteiger partial charge in [-0.2, -0.15) is 0 Å². The van der Waals surface area contributed by atoms with Crippen molar-refractivity contribution >= 4 is 29.4 Å². The van der Waals surface area contributed by atoms with Crippen LogP contribution in [-0.4, -0.2) is 112 Å². The molecule has 0 aliphatic carbocycles. The summed E-state index contributed by atoms with van der Waals surface area (Å²) in [7, 11) is 6.33. The Morgan fingerprint density at radius 1 is 0.932 bits per heavy atom. The monoisotopic (exact) mass is 616 g/mol. The van der Waals surface area contributed by atoms with Gasteiger partial charge in [0.25, 0.3) is 11.8 Å². The molecule has 1 aliphatic heterocycles. The SMILES string of the molecule is C=C[C@@H](OC(=O)[C@H](CC(C)C)NC)C(=O)N(C)[C@@H](CC(C)C)C(=O)O[C@H](Cc1ccc(N2CCOCC2)cc1)C(=O)N(C)C. The average molecular weight is 617 g/mol. The van der Waals surface area contributed by atoms with E-state index in [-0.39, 0.29) is 30.6 Å². The molecular weight excluding hydrogens is 564 g/mol. The van der Waals surface area contributed by atoms with Gasteiger partial charge in [0.2, 0.25) is 0 Å². The number of rotatable bonds is 16. The summed E-state index contributed by atoms with van der Waals surface area (Å²) in [5.41, 5.74) is 1.89. The summed E-state index contributed by atoms with van der Waals surface area (Å²) in [4.78, 5) is 58.0. The van der Waals surface area contributed by atoms with E-state index in [1.807, 2.05) is 52.0 Å². The largest absolute Gasteiger partial charge is 0.450 e. The lowest BCUT2D eigenvalue weighted by Crippen LogP contribution is -2.51. The molecule has 44 heavy (non-hydrogen) atoms. The van der Waals surface area contributed by atoms with Gasteiger partial charge in [0.05, 0.1) is 13.2 Å². The number of likely N-dealkylation sites (N-methyl/N-ethyl adjacent to an activating group) is 3. The lowest BCUT2D eigenvalue weighted by molar-refractivity contribution is -0.168. The predicted molar refractivity (Wildman–Crippen MR) is 170 cm³/mol. The second-order valence-electron chi connectivity index (χ2n) is 12.3. The molecular formula is C33H52N4O7. The molecule has 0 radical (unpaired) electrons. The Bertz CT molecular complexity index is 1100. The van der Waals surface area contributed by atoms with Gasteiger partial charge in [0.1, 0.15) is 12.1 Å². The average Bonchev–Trinajstić information content (AvgIpc) is 3.00. The number of benzene rings is 1. The molecule has 1 fully saturated rings. The second kappa shape index (κ2) is 17.8. The second-order valence-corrected chi connectivity index (χ2v) is 12.3. The number of carbonyl (C=O) groups is 4. The van der Waals surface area contributed by atoms with E-state index in [1.54, 1.807) is 21.1 Å². The molecule has 1 aromatic rings. The van der Waals surface area contributed by atoms with Crippen LogP contribution in [0.5, 0.6) is 0 Å². The number of nitrogens with zero attached hydrogens (tertiary/aromatic N) is 3. The van der Waals surface area contributed by atoms with Crippen molar-refractivity contribution in [2.75, 3.05) is 59.4 Å². The van der Waals surface area contributed by atoms with Crippen LogP contribution in [0, 0.1) is 11.8 Å². The quantitative estimate of drug-likeness (QED) is 0.221. The van der Waals surface area contributed by atoms with E-state index in [2.05, 4.69) is 16.8 Å². The van der Waals surface area contributed by atoms with Crippen LogP contribution in [0.1, 0.15) is 46.1 Å². The van der Waals surface area contributed by atoms with Gasteiger partial charge in [-0.15, -0.1) is 0 Å². The van der Waals surface area contributed by atoms with Crippen molar-refractivity contribution in [1.29, 1.82) is 0 Å². The Labute approximate surface area is 262 Å². The van der Waals surface area contributed by atoms with Gasteiger partial charge in [-0.1, -0.05) is 46.4 Å². The first-order valence-electron chi connectivity index (χ1n) is 15.4. The molecule has 246 valence electrons. The first-order valence-corrected chi connectivity index (χ1v) is 15.4. The minimum absolute atomic E-state index is 0.0166. The zero-order valence-electron chi connectivity index (χ0n) is 27.7. The summed E-state index contributed by atoms with van der Waals surface area (Å²) in [5.74, 6) is -2.01. The number of anilines is 1. The number of esters is 2.